The number of carbonyl (C=O) groups excluding carboxylic acids is 4. The zero-order chi connectivity index (χ0) is 37.4. The van der Waals surface area contributed by atoms with Crippen molar-refractivity contribution in [3.8, 4) is 0 Å². The van der Waals surface area contributed by atoms with E-state index in [-0.39, 0.29) is 43.4 Å². The Bertz CT molecular complexity index is 1760. The van der Waals surface area contributed by atoms with Crippen LogP contribution in [0.1, 0.15) is 110 Å². The number of aromatic nitrogens is 2. The summed E-state index contributed by atoms with van der Waals surface area (Å²) in [5, 5.41) is 0. The fourth-order valence-electron chi connectivity index (χ4n) is 5.72. The average Bonchev–Trinajstić information content (AvgIpc) is 3.68. The number of esters is 4. The predicted molar refractivity (Wildman–Crippen MR) is 191 cm³/mol. The van der Waals surface area contributed by atoms with E-state index < -0.39 is 0 Å². The molecule has 2 aliphatic rings. The third-order valence-electron chi connectivity index (χ3n) is 8.10. The molecule has 0 spiro atoms. The maximum atomic E-state index is 12.1. The van der Waals surface area contributed by atoms with Gasteiger partial charge in [0, 0.05) is 11.1 Å². The first-order valence-corrected chi connectivity index (χ1v) is 16.6. The molecule has 4 rings (SSSR count). The number of aryl methyl sites for hydroxylation is 2. The summed E-state index contributed by atoms with van der Waals surface area (Å²) in [6.45, 7) is 22.7. The van der Waals surface area contributed by atoms with Crippen molar-refractivity contribution in [1.82, 2.24) is 9.97 Å². The minimum Gasteiger partial charge on any atom is -0.661 e. The zero-order valence-electron chi connectivity index (χ0n) is 31.7. The van der Waals surface area contributed by atoms with E-state index >= 15 is 0 Å². The van der Waals surface area contributed by atoms with Crippen LogP contribution in [-0.4, -0.2) is 61.7 Å². The molecule has 2 aliphatic heterocycles. The quantitative estimate of drug-likeness (QED) is 0.154. The van der Waals surface area contributed by atoms with E-state index in [0.29, 0.717) is 94.3 Å². The smallest absolute Gasteiger partial charge is 0.661 e. The number of allylic oxidation sites excluding steroid dienone is 2. The first-order valence-electron chi connectivity index (χ1n) is 16.6. The molecule has 0 radical (unpaired) electrons. The van der Waals surface area contributed by atoms with Crippen molar-refractivity contribution >= 4 is 47.5 Å². The van der Waals surface area contributed by atoms with Gasteiger partial charge >= 0.3 is 43.4 Å². The van der Waals surface area contributed by atoms with Gasteiger partial charge in [-0.2, -0.15) is 0 Å². The third-order valence-corrected chi connectivity index (χ3v) is 8.10. The molecule has 0 N–H and O–H groups in total. The molecule has 0 saturated heterocycles. The Morgan fingerprint density at radius 1 is 0.529 bits per heavy atom. The van der Waals surface area contributed by atoms with Crippen LogP contribution in [0, 0.1) is 27.7 Å². The zero-order valence-corrected chi connectivity index (χ0v) is 34.7. The summed E-state index contributed by atoms with van der Waals surface area (Å²) in [5.41, 5.74) is 9.99. The monoisotopic (exact) mass is 750 g/mol. The Morgan fingerprint density at radius 3 is 1.12 bits per heavy atom. The average molecular weight is 752 g/mol. The van der Waals surface area contributed by atoms with Gasteiger partial charge in [0.2, 0.25) is 0 Å². The Kier molecular flexibility index (Phi) is 15.5. The molecule has 2 aromatic rings. The molecule has 0 amide bonds. The van der Waals surface area contributed by atoms with Crippen molar-refractivity contribution in [1.29, 1.82) is 0 Å². The van der Waals surface area contributed by atoms with Crippen LogP contribution in [0.3, 0.4) is 0 Å². The molecule has 0 aromatic carbocycles. The van der Waals surface area contributed by atoms with Crippen LogP contribution in [0.15, 0.2) is 43.7 Å². The van der Waals surface area contributed by atoms with Gasteiger partial charge in [-0.1, -0.05) is 37.1 Å². The Labute approximate surface area is 312 Å². The predicted octanol–water partition coefficient (Wildman–Crippen LogP) is 6.26. The van der Waals surface area contributed by atoms with E-state index in [0.717, 1.165) is 22.3 Å². The van der Waals surface area contributed by atoms with Crippen molar-refractivity contribution in [3.63, 3.8) is 0 Å². The molecule has 0 saturated carbocycles. The molecule has 4 heterocycles. The molecule has 0 unspecified atom stereocenters. The maximum Gasteiger partial charge on any atom is 2.00 e. The molecule has 51 heavy (non-hydrogen) atoms. The van der Waals surface area contributed by atoms with Gasteiger partial charge in [-0.15, -0.1) is 22.8 Å². The molecular weight excluding hydrogens is 706 g/mol. The number of ether oxygens (including phenoxy) is 4. The molecule has 12 nitrogen and oxygen atoms in total. The van der Waals surface area contributed by atoms with E-state index in [9.17, 15) is 19.2 Å². The standard InChI is InChI=1S/2C19H24N2O4.Zn/c2*1-7-24-18(22)16-10(3)14(20-12(16)5)9-15-11(4)17(13(6)21-15)19(23)25-8-2;/h2*9H,7-8H2,1-6H3,(H,20,21,22,23);/q;;+2/p-2. The molecule has 268 valence electrons. The van der Waals surface area contributed by atoms with Crippen LogP contribution in [-0.2, 0) is 48.0 Å². The van der Waals surface area contributed by atoms with Gasteiger partial charge in [-0.3, -0.25) is 9.98 Å². The van der Waals surface area contributed by atoms with E-state index in [1.165, 1.54) is 0 Å². The van der Waals surface area contributed by atoms with Gasteiger partial charge in [-0.25, -0.2) is 19.2 Å². The fraction of sp³-hybridized carbons (Fsp3) is 0.421. The van der Waals surface area contributed by atoms with Crippen molar-refractivity contribution in [2.45, 2.75) is 83.1 Å². The van der Waals surface area contributed by atoms with Gasteiger partial charge < -0.3 is 28.9 Å². The topological polar surface area (TPSA) is 158 Å². The number of nitrogens with zero attached hydrogens (tertiary/aromatic N) is 4. The molecule has 2 aromatic heterocycles. The first-order chi connectivity index (χ1) is 23.6. The summed E-state index contributed by atoms with van der Waals surface area (Å²) < 4.78 is 20.4. The van der Waals surface area contributed by atoms with Gasteiger partial charge in [0.15, 0.2) is 0 Å². The summed E-state index contributed by atoms with van der Waals surface area (Å²) in [7, 11) is 0. The number of aliphatic imine (C=N–C) groups is 2. The second kappa shape index (κ2) is 18.6. The van der Waals surface area contributed by atoms with Crippen LogP contribution >= 0.6 is 0 Å². The summed E-state index contributed by atoms with van der Waals surface area (Å²) in [5.74, 6) is -1.50. The fourth-order valence-corrected chi connectivity index (χ4v) is 5.72. The summed E-state index contributed by atoms with van der Waals surface area (Å²) in [6.07, 6.45) is 3.58. The van der Waals surface area contributed by atoms with Crippen molar-refractivity contribution < 1.29 is 57.6 Å². The molecule has 0 aliphatic carbocycles. The van der Waals surface area contributed by atoms with Crippen molar-refractivity contribution in [3.05, 3.63) is 78.7 Å². The Balaban J connectivity index is 0.000000347. The van der Waals surface area contributed by atoms with Gasteiger partial charge in [-0.05, 0) is 80.4 Å². The minimum atomic E-state index is -0.375. The minimum absolute atomic E-state index is 0. The van der Waals surface area contributed by atoms with Crippen LogP contribution < -0.4 is 9.97 Å². The largest absolute Gasteiger partial charge is 2.00 e. The molecule has 13 heteroatoms. The number of hydrogen-bond donors (Lipinski definition) is 0. The second-order valence-electron chi connectivity index (χ2n) is 11.5. The summed E-state index contributed by atoms with van der Waals surface area (Å²) >= 11 is 0. The summed E-state index contributed by atoms with van der Waals surface area (Å²) in [4.78, 5) is 66.2. The van der Waals surface area contributed by atoms with Crippen molar-refractivity contribution in [2.75, 3.05) is 26.4 Å². The van der Waals surface area contributed by atoms with Gasteiger partial charge in [0.05, 0.1) is 60.4 Å². The normalized spacial score (nSPS) is 15.3. The molecule has 0 fully saturated rings. The number of rotatable bonds is 10. The van der Waals surface area contributed by atoms with E-state index in [1.54, 1.807) is 67.5 Å². The molecule has 0 atom stereocenters. The van der Waals surface area contributed by atoms with Crippen LogP contribution in [0.25, 0.3) is 12.2 Å². The Morgan fingerprint density at radius 2 is 0.824 bits per heavy atom. The third kappa shape index (κ3) is 9.38. The van der Waals surface area contributed by atoms with Gasteiger partial charge in [0.1, 0.15) is 0 Å². The van der Waals surface area contributed by atoms with Crippen LogP contribution in [0.2, 0.25) is 0 Å². The first kappa shape index (κ1) is 42.5. The van der Waals surface area contributed by atoms with E-state index in [1.807, 2.05) is 27.7 Å². The second-order valence-corrected chi connectivity index (χ2v) is 11.5. The van der Waals surface area contributed by atoms with E-state index in [2.05, 4.69) is 20.0 Å². The Hall–Kier alpha value is -4.64. The van der Waals surface area contributed by atoms with Crippen LogP contribution in [0.5, 0.6) is 0 Å². The SMILES string of the molecule is CCOC(=O)C1=C(C)/C(=C/c2[n-]c(C)c(C(=O)OCC)c2C)N=C1C.CCOC(=O)C1=C(C)/C(=C/c2[n-]c(C)c(C(=O)OCC)c2C)N=C1C.[Zn+2]. The molecule has 0 bridgehead atoms. The molecular formula is C38H46N4O8Zn. The summed E-state index contributed by atoms with van der Waals surface area (Å²) in [6, 6.07) is 0. The number of hydrogen-bond acceptors (Lipinski definition) is 10. The number of carbonyl (C=O) groups is 4. The van der Waals surface area contributed by atoms with Crippen molar-refractivity contribution in [2.24, 2.45) is 9.98 Å². The van der Waals surface area contributed by atoms with E-state index in [4.69, 9.17) is 18.9 Å². The van der Waals surface area contributed by atoms with Crippen LogP contribution in [0.4, 0.5) is 0 Å². The maximum absolute atomic E-state index is 12.1. The van der Waals surface area contributed by atoms with Gasteiger partial charge in [0.25, 0.3) is 0 Å².